The summed E-state index contributed by atoms with van der Waals surface area (Å²) in [6.07, 6.45) is 6.03. The predicted molar refractivity (Wildman–Crippen MR) is 124 cm³/mol. The van der Waals surface area contributed by atoms with E-state index < -0.39 is 0 Å². The average molecular weight is 447 g/mol. The molecule has 0 bridgehead atoms. The van der Waals surface area contributed by atoms with Gasteiger partial charge in [0, 0.05) is 36.1 Å². The Bertz CT molecular complexity index is 1140. The molecule has 2 aliphatic rings. The van der Waals surface area contributed by atoms with Crippen molar-refractivity contribution in [3.63, 3.8) is 0 Å². The number of fused-ring (bicyclic) bond motifs is 1. The summed E-state index contributed by atoms with van der Waals surface area (Å²) in [7, 11) is 0. The minimum absolute atomic E-state index is 0.0798. The maximum atomic E-state index is 13.3. The van der Waals surface area contributed by atoms with Gasteiger partial charge in [-0.1, -0.05) is 11.2 Å². The number of pyridine rings is 1. The van der Waals surface area contributed by atoms with E-state index in [9.17, 15) is 4.79 Å². The predicted octanol–water partition coefficient (Wildman–Crippen LogP) is 3.64. The minimum atomic E-state index is -0.0967. The standard InChI is InChI=1S/C25H30N6O2/c1-16-20-9-6-12-30(15-19-8-4-5-11-26-19)25(20)28-24(27-16)22-10-7-13-31(22)23(32)14-21-17(2)29-33-18(21)3/h4-5,8,11,22H,6-7,9-10,12-15H2,1-3H3/t22-/m0/s1. The summed E-state index contributed by atoms with van der Waals surface area (Å²) >= 11 is 0. The number of amides is 1. The number of aromatic nitrogens is 4. The van der Waals surface area contributed by atoms with Gasteiger partial charge in [-0.15, -0.1) is 0 Å². The van der Waals surface area contributed by atoms with Crippen LogP contribution in [0.5, 0.6) is 0 Å². The fraction of sp³-hybridized carbons (Fsp3) is 0.480. The Morgan fingerprint density at radius 1 is 1.12 bits per heavy atom. The highest BCUT2D eigenvalue weighted by atomic mass is 16.5. The summed E-state index contributed by atoms with van der Waals surface area (Å²) in [5.74, 6) is 2.54. The quantitative estimate of drug-likeness (QED) is 0.591. The lowest BCUT2D eigenvalue weighted by Crippen LogP contribution is -2.35. The van der Waals surface area contributed by atoms with Crippen LogP contribution < -0.4 is 4.90 Å². The smallest absolute Gasteiger partial charge is 0.227 e. The number of nitrogens with zero attached hydrogens (tertiary/aromatic N) is 6. The molecule has 2 aliphatic heterocycles. The molecule has 8 heteroatoms. The first-order chi connectivity index (χ1) is 16.0. The highest BCUT2D eigenvalue weighted by Crippen LogP contribution is 2.35. The molecule has 0 spiro atoms. The van der Waals surface area contributed by atoms with Crippen LogP contribution >= 0.6 is 0 Å². The van der Waals surface area contributed by atoms with Gasteiger partial charge in [-0.3, -0.25) is 9.78 Å². The Kier molecular flexibility index (Phi) is 5.83. The van der Waals surface area contributed by atoms with Crippen LogP contribution in [-0.4, -0.2) is 44.0 Å². The molecule has 1 fully saturated rings. The Labute approximate surface area is 194 Å². The normalized spacial score (nSPS) is 18.0. The van der Waals surface area contributed by atoms with Gasteiger partial charge >= 0.3 is 0 Å². The molecule has 0 unspecified atom stereocenters. The third-order valence-electron chi connectivity index (χ3n) is 6.82. The van der Waals surface area contributed by atoms with E-state index in [1.807, 2.05) is 37.1 Å². The number of hydrogen-bond donors (Lipinski definition) is 0. The molecule has 8 nitrogen and oxygen atoms in total. The summed E-state index contributed by atoms with van der Waals surface area (Å²) in [6, 6.07) is 5.91. The maximum Gasteiger partial charge on any atom is 0.227 e. The van der Waals surface area contributed by atoms with E-state index >= 15 is 0 Å². The summed E-state index contributed by atoms with van der Waals surface area (Å²) < 4.78 is 5.25. The second-order valence-electron chi connectivity index (χ2n) is 9.04. The van der Waals surface area contributed by atoms with Gasteiger partial charge in [-0.2, -0.15) is 0 Å². The summed E-state index contributed by atoms with van der Waals surface area (Å²) in [6.45, 7) is 8.20. The molecule has 3 aromatic rings. The zero-order valence-electron chi connectivity index (χ0n) is 19.5. The first kappa shape index (κ1) is 21.6. The lowest BCUT2D eigenvalue weighted by Gasteiger charge is -2.32. The second kappa shape index (κ2) is 8.92. The SMILES string of the molecule is Cc1nc([C@@H]2CCCN2C(=O)Cc2c(C)noc2C)nc2c1CCCN2Cc1ccccn1. The summed E-state index contributed by atoms with van der Waals surface area (Å²) in [4.78, 5) is 32.0. The Morgan fingerprint density at radius 3 is 2.76 bits per heavy atom. The van der Waals surface area contributed by atoms with E-state index in [1.165, 1.54) is 5.56 Å². The largest absolute Gasteiger partial charge is 0.361 e. The lowest BCUT2D eigenvalue weighted by atomic mass is 10.0. The van der Waals surface area contributed by atoms with Crippen LogP contribution in [0.4, 0.5) is 5.82 Å². The number of carbonyl (C=O) groups excluding carboxylic acids is 1. The number of carbonyl (C=O) groups is 1. The molecule has 1 atom stereocenters. The first-order valence-corrected chi connectivity index (χ1v) is 11.7. The van der Waals surface area contributed by atoms with Crippen LogP contribution in [0.1, 0.15) is 65.1 Å². The molecule has 5 rings (SSSR count). The van der Waals surface area contributed by atoms with Crippen molar-refractivity contribution in [2.24, 2.45) is 0 Å². The fourth-order valence-electron chi connectivity index (χ4n) is 5.04. The third kappa shape index (κ3) is 4.21. The van der Waals surface area contributed by atoms with Gasteiger partial charge in [0.25, 0.3) is 0 Å². The maximum absolute atomic E-state index is 13.3. The van der Waals surface area contributed by atoms with Crippen molar-refractivity contribution in [3.05, 3.63) is 64.2 Å². The molecule has 0 aromatic carbocycles. The van der Waals surface area contributed by atoms with Crippen LogP contribution in [0.25, 0.3) is 0 Å². The van der Waals surface area contributed by atoms with Crippen LogP contribution in [0.15, 0.2) is 28.9 Å². The number of likely N-dealkylation sites (tertiary alicyclic amines) is 1. The van der Waals surface area contributed by atoms with E-state index in [1.54, 1.807) is 0 Å². The second-order valence-corrected chi connectivity index (χ2v) is 9.04. The van der Waals surface area contributed by atoms with Crippen molar-refractivity contribution < 1.29 is 9.32 Å². The molecule has 33 heavy (non-hydrogen) atoms. The van der Waals surface area contributed by atoms with Gasteiger partial charge in [-0.25, -0.2) is 9.97 Å². The minimum Gasteiger partial charge on any atom is -0.361 e. The molecule has 0 saturated carbocycles. The van der Waals surface area contributed by atoms with Gasteiger partial charge in [-0.05, 0) is 58.6 Å². The monoisotopic (exact) mass is 446 g/mol. The number of rotatable bonds is 5. The Morgan fingerprint density at radius 2 is 2.00 bits per heavy atom. The average Bonchev–Trinajstić information content (AvgIpc) is 3.43. The van der Waals surface area contributed by atoms with Gasteiger partial charge in [0.15, 0.2) is 5.82 Å². The third-order valence-corrected chi connectivity index (χ3v) is 6.82. The molecule has 172 valence electrons. The van der Waals surface area contributed by atoms with Gasteiger partial charge < -0.3 is 14.3 Å². The first-order valence-electron chi connectivity index (χ1n) is 11.7. The Hall–Kier alpha value is -3.29. The van der Waals surface area contributed by atoms with Crippen LogP contribution in [0.2, 0.25) is 0 Å². The molecule has 0 radical (unpaired) electrons. The van der Waals surface area contributed by atoms with Crippen molar-refractivity contribution in [1.82, 2.24) is 25.0 Å². The molecule has 1 saturated heterocycles. The van der Waals surface area contributed by atoms with Gasteiger partial charge in [0.2, 0.25) is 5.91 Å². The molecular weight excluding hydrogens is 416 g/mol. The molecule has 0 N–H and O–H groups in total. The van der Waals surface area contributed by atoms with Crippen LogP contribution in [0, 0.1) is 20.8 Å². The number of hydrogen-bond acceptors (Lipinski definition) is 7. The van der Waals surface area contributed by atoms with Crippen LogP contribution in [-0.2, 0) is 24.2 Å². The summed E-state index contributed by atoms with van der Waals surface area (Å²) in [5, 5.41) is 3.99. The van der Waals surface area contributed by atoms with Crippen LogP contribution in [0.3, 0.4) is 0 Å². The molecule has 0 aliphatic carbocycles. The Balaban J connectivity index is 1.42. The van der Waals surface area contributed by atoms with Crippen molar-refractivity contribution in [1.29, 1.82) is 0 Å². The summed E-state index contributed by atoms with van der Waals surface area (Å²) in [5.41, 5.74) is 4.93. The zero-order valence-corrected chi connectivity index (χ0v) is 19.5. The molecule has 1 amide bonds. The fourth-order valence-corrected chi connectivity index (χ4v) is 5.04. The number of aryl methyl sites for hydroxylation is 3. The van der Waals surface area contributed by atoms with E-state index in [0.717, 1.165) is 79.6 Å². The zero-order chi connectivity index (χ0) is 22.9. The number of anilines is 1. The van der Waals surface area contributed by atoms with E-state index in [2.05, 4.69) is 28.0 Å². The van der Waals surface area contributed by atoms with Crippen molar-refractivity contribution >= 4 is 11.7 Å². The van der Waals surface area contributed by atoms with E-state index in [-0.39, 0.29) is 11.9 Å². The van der Waals surface area contributed by atoms with Crippen molar-refractivity contribution in [3.8, 4) is 0 Å². The van der Waals surface area contributed by atoms with Gasteiger partial charge in [0.05, 0.1) is 30.4 Å². The van der Waals surface area contributed by atoms with Crippen molar-refractivity contribution in [2.75, 3.05) is 18.0 Å². The highest BCUT2D eigenvalue weighted by Gasteiger charge is 2.34. The molecular formula is C25H30N6O2. The highest BCUT2D eigenvalue weighted by molar-refractivity contribution is 5.80. The molecule has 5 heterocycles. The van der Waals surface area contributed by atoms with E-state index in [0.29, 0.717) is 12.2 Å². The van der Waals surface area contributed by atoms with E-state index in [4.69, 9.17) is 14.5 Å². The molecule has 3 aromatic heterocycles. The van der Waals surface area contributed by atoms with Gasteiger partial charge in [0.1, 0.15) is 11.6 Å². The topological polar surface area (TPSA) is 88.2 Å². The van der Waals surface area contributed by atoms with Crippen molar-refractivity contribution in [2.45, 2.75) is 65.5 Å². The lowest BCUT2D eigenvalue weighted by molar-refractivity contribution is -0.131.